The zero-order valence-corrected chi connectivity index (χ0v) is 10.2. The molecule has 10 heteroatoms. The quantitative estimate of drug-likeness (QED) is 0.553. The van der Waals surface area contributed by atoms with Crippen LogP contribution in [0.1, 0.15) is 18.5 Å². The van der Waals surface area contributed by atoms with Gasteiger partial charge in [0, 0.05) is 6.04 Å². The van der Waals surface area contributed by atoms with E-state index in [2.05, 4.69) is 19.8 Å². The molecule has 0 atom stereocenters. The summed E-state index contributed by atoms with van der Waals surface area (Å²) >= 11 is 0. The van der Waals surface area contributed by atoms with Crippen molar-refractivity contribution >= 4 is 16.2 Å². The van der Waals surface area contributed by atoms with E-state index >= 15 is 0 Å². The van der Waals surface area contributed by atoms with Crippen molar-refractivity contribution in [3.63, 3.8) is 0 Å². The largest absolute Gasteiger partial charge is 0.480 e. The number of carbonyl (C=O) groups is 1. The molecule has 0 saturated heterocycles. The first-order valence-corrected chi connectivity index (χ1v) is 6.81. The van der Waals surface area contributed by atoms with E-state index in [9.17, 15) is 13.2 Å². The molecule has 1 fully saturated rings. The number of carboxylic acid groups (broad SMARTS) is 1. The predicted octanol–water partition coefficient (Wildman–Crippen LogP) is -1.55. The van der Waals surface area contributed by atoms with E-state index in [4.69, 9.17) is 5.11 Å². The van der Waals surface area contributed by atoms with Crippen molar-refractivity contribution in [3.05, 3.63) is 11.9 Å². The lowest BCUT2D eigenvalue weighted by atomic mass is 10.5. The minimum absolute atomic E-state index is 0.0261. The molecule has 1 saturated carbocycles. The number of nitrogens with zero attached hydrogens (tertiary/aromatic N) is 3. The van der Waals surface area contributed by atoms with Crippen molar-refractivity contribution in [2.24, 2.45) is 0 Å². The first kappa shape index (κ1) is 12.9. The molecule has 1 aliphatic rings. The highest BCUT2D eigenvalue weighted by atomic mass is 32.2. The molecule has 0 amide bonds. The molecule has 0 radical (unpaired) electrons. The van der Waals surface area contributed by atoms with Crippen molar-refractivity contribution < 1.29 is 18.3 Å². The minimum atomic E-state index is -3.52. The third-order valence-corrected chi connectivity index (χ3v) is 3.39. The van der Waals surface area contributed by atoms with Crippen LogP contribution >= 0.6 is 0 Å². The molecular weight excluding hydrogens is 262 g/mol. The fraction of sp³-hybridized carbons (Fsp3) is 0.625. The lowest BCUT2D eigenvalue weighted by Crippen LogP contribution is -2.37. The molecule has 0 bridgehead atoms. The van der Waals surface area contributed by atoms with Gasteiger partial charge in [0.25, 0.3) is 10.2 Å². The molecule has 1 heterocycles. The highest BCUT2D eigenvalue weighted by Crippen LogP contribution is 2.19. The van der Waals surface area contributed by atoms with Crippen LogP contribution in [0.3, 0.4) is 0 Å². The Labute approximate surface area is 103 Å². The van der Waals surface area contributed by atoms with E-state index in [1.54, 1.807) is 0 Å². The number of nitrogens with one attached hydrogen (secondary N) is 2. The monoisotopic (exact) mass is 275 g/mol. The third-order valence-electron chi connectivity index (χ3n) is 2.23. The van der Waals surface area contributed by atoms with Gasteiger partial charge in [-0.1, -0.05) is 5.21 Å². The molecule has 1 aromatic heterocycles. The van der Waals surface area contributed by atoms with Crippen LogP contribution in [0.5, 0.6) is 0 Å². The van der Waals surface area contributed by atoms with Gasteiger partial charge in [-0.05, 0) is 12.8 Å². The molecule has 1 aliphatic carbocycles. The number of hydrogen-bond donors (Lipinski definition) is 3. The number of carboxylic acids is 1. The van der Waals surface area contributed by atoms with Crippen molar-refractivity contribution in [1.29, 1.82) is 0 Å². The van der Waals surface area contributed by atoms with Gasteiger partial charge in [0.05, 0.1) is 18.4 Å². The summed E-state index contributed by atoms with van der Waals surface area (Å²) in [6, 6.07) is 0.0326. The van der Waals surface area contributed by atoms with Crippen LogP contribution in [-0.4, -0.2) is 40.5 Å². The predicted molar refractivity (Wildman–Crippen MR) is 59.6 cm³/mol. The van der Waals surface area contributed by atoms with Gasteiger partial charge < -0.3 is 5.11 Å². The Hall–Kier alpha value is -1.52. The second-order valence-corrected chi connectivity index (χ2v) is 5.55. The Morgan fingerprint density at radius 2 is 2.28 bits per heavy atom. The molecule has 0 aliphatic heterocycles. The third kappa shape index (κ3) is 4.05. The average Bonchev–Trinajstić information content (AvgIpc) is 2.92. The van der Waals surface area contributed by atoms with Gasteiger partial charge in [0.1, 0.15) is 6.54 Å². The summed E-state index contributed by atoms with van der Waals surface area (Å²) in [5, 5.41) is 15.8. The van der Waals surface area contributed by atoms with Crippen molar-refractivity contribution in [2.75, 3.05) is 0 Å². The number of aromatic nitrogens is 3. The summed E-state index contributed by atoms with van der Waals surface area (Å²) in [5.74, 6) is -1.04. The fourth-order valence-electron chi connectivity index (χ4n) is 1.27. The summed E-state index contributed by atoms with van der Waals surface area (Å²) in [6.45, 7) is -0.332. The Morgan fingerprint density at radius 1 is 1.56 bits per heavy atom. The Bertz CT molecular complexity index is 535. The smallest absolute Gasteiger partial charge is 0.325 e. The molecule has 9 nitrogen and oxygen atoms in total. The SMILES string of the molecule is O=C(O)Cn1cc(CNS(=O)(=O)NC2CC2)nn1. The molecule has 3 N–H and O–H groups in total. The van der Waals surface area contributed by atoms with E-state index in [0.717, 1.165) is 17.5 Å². The van der Waals surface area contributed by atoms with E-state index in [-0.39, 0.29) is 19.1 Å². The summed E-state index contributed by atoms with van der Waals surface area (Å²) < 4.78 is 28.8. The number of rotatable bonds is 7. The zero-order valence-electron chi connectivity index (χ0n) is 9.40. The Morgan fingerprint density at radius 3 is 2.89 bits per heavy atom. The highest BCUT2D eigenvalue weighted by molar-refractivity contribution is 7.87. The standard InChI is InChI=1S/C8H13N5O4S/c14-8(15)5-13-4-7(10-12-13)3-9-18(16,17)11-6-1-2-6/h4,6,9,11H,1-3,5H2,(H,14,15). The average molecular weight is 275 g/mol. The van der Waals surface area contributed by atoms with E-state index < -0.39 is 16.2 Å². The van der Waals surface area contributed by atoms with Crippen molar-refractivity contribution in [3.8, 4) is 0 Å². The molecule has 18 heavy (non-hydrogen) atoms. The van der Waals surface area contributed by atoms with Crippen LogP contribution < -0.4 is 9.44 Å². The maximum atomic E-state index is 11.5. The van der Waals surface area contributed by atoms with E-state index in [1.165, 1.54) is 6.20 Å². The van der Waals surface area contributed by atoms with Crippen molar-refractivity contribution in [1.82, 2.24) is 24.4 Å². The lowest BCUT2D eigenvalue weighted by molar-refractivity contribution is -0.137. The van der Waals surface area contributed by atoms with Crippen LogP contribution in [-0.2, 0) is 28.1 Å². The maximum absolute atomic E-state index is 11.5. The van der Waals surface area contributed by atoms with Gasteiger partial charge in [0.2, 0.25) is 0 Å². The highest BCUT2D eigenvalue weighted by Gasteiger charge is 2.26. The summed E-state index contributed by atoms with van der Waals surface area (Å²) in [6.07, 6.45) is 3.10. The van der Waals surface area contributed by atoms with Crippen LogP contribution in [0.15, 0.2) is 6.20 Å². The first-order chi connectivity index (χ1) is 8.44. The lowest BCUT2D eigenvalue weighted by Gasteiger charge is -2.04. The first-order valence-electron chi connectivity index (χ1n) is 5.32. The van der Waals surface area contributed by atoms with Gasteiger partial charge in [-0.15, -0.1) is 5.10 Å². The zero-order chi connectivity index (χ0) is 13.2. The van der Waals surface area contributed by atoms with Crippen LogP contribution in [0.2, 0.25) is 0 Å². The topological polar surface area (TPSA) is 126 Å². The molecular formula is C8H13N5O4S. The molecule has 0 unspecified atom stereocenters. The second kappa shape index (κ2) is 5.00. The second-order valence-electron chi connectivity index (χ2n) is 4.02. The summed E-state index contributed by atoms with van der Waals surface area (Å²) in [5.41, 5.74) is 0.359. The van der Waals surface area contributed by atoms with Gasteiger partial charge in [-0.2, -0.15) is 17.9 Å². The molecule has 2 rings (SSSR count). The normalized spacial score (nSPS) is 15.8. The van der Waals surface area contributed by atoms with E-state index in [1.807, 2.05) is 0 Å². The van der Waals surface area contributed by atoms with E-state index in [0.29, 0.717) is 5.69 Å². The van der Waals surface area contributed by atoms with Crippen LogP contribution in [0.25, 0.3) is 0 Å². The van der Waals surface area contributed by atoms with Crippen LogP contribution in [0, 0.1) is 0 Å². The Kier molecular flexibility index (Phi) is 3.59. The number of hydrogen-bond acceptors (Lipinski definition) is 5. The summed E-state index contributed by atoms with van der Waals surface area (Å²) in [7, 11) is -3.52. The van der Waals surface area contributed by atoms with Gasteiger partial charge in [-0.3, -0.25) is 4.79 Å². The Balaban J connectivity index is 1.85. The maximum Gasteiger partial charge on any atom is 0.325 e. The van der Waals surface area contributed by atoms with Crippen molar-refractivity contribution in [2.45, 2.75) is 32.0 Å². The molecule has 0 spiro atoms. The number of aliphatic carboxylic acids is 1. The van der Waals surface area contributed by atoms with Gasteiger partial charge in [-0.25, -0.2) is 4.68 Å². The molecule has 0 aromatic carbocycles. The fourth-order valence-corrected chi connectivity index (χ4v) is 2.36. The van der Waals surface area contributed by atoms with Gasteiger partial charge >= 0.3 is 5.97 Å². The molecule has 100 valence electrons. The van der Waals surface area contributed by atoms with Crippen LogP contribution in [0.4, 0.5) is 0 Å². The minimum Gasteiger partial charge on any atom is -0.480 e. The molecule has 1 aromatic rings. The van der Waals surface area contributed by atoms with Gasteiger partial charge in [0.15, 0.2) is 0 Å². The summed E-state index contributed by atoms with van der Waals surface area (Å²) in [4.78, 5) is 10.4.